The van der Waals surface area contributed by atoms with Gasteiger partial charge in [0.15, 0.2) is 5.58 Å². The minimum Gasteiger partial charge on any atom is -0.408 e. The van der Waals surface area contributed by atoms with Gasteiger partial charge >= 0.3 is 5.76 Å². The van der Waals surface area contributed by atoms with Crippen molar-refractivity contribution in [3.63, 3.8) is 0 Å². The highest BCUT2D eigenvalue weighted by Crippen LogP contribution is 2.38. The van der Waals surface area contributed by atoms with E-state index in [-0.39, 0.29) is 29.7 Å². The zero-order valence-electron chi connectivity index (χ0n) is 18.9. The van der Waals surface area contributed by atoms with Crippen molar-refractivity contribution in [2.24, 2.45) is 5.73 Å². The van der Waals surface area contributed by atoms with Gasteiger partial charge in [0.2, 0.25) is 5.91 Å². The van der Waals surface area contributed by atoms with Crippen molar-refractivity contribution in [1.82, 2.24) is 9.47 Å². The lowest BCUT2D eigenvalue weighted by Gasteiger charge is -2.48. The highest BCUT2D eigenvalue weighted by atomic mass is 35.5. The minimum absolute atomic E-state index is 0. The average molecular weight is 468 g/mol. The number of ether oxygens (including phenoxy) is 2. The summed E-state index contributed by atoms with van der Waals surface area (Å²) in [6, 6.07) is 4.97. The van der Waals surface area contributed by atoms with Crippen LogP contribution in [0, 0.1) is 0 Å². The molecule has 0 radical (unpaired) electrons. The van der Waals surface area contributed by atoms with Gasteiger partial charge in [0, 0.05) is 37.3 Å². The first kappa shape index (κ1) is 24.8. The summed E-state index contributed by atoms with van der Waals surface area (Å²) in [6.45, 7) is 5.53. The van der Waals surface area contributed by atoms with Crippen molar-refractivity contribution in [3.8, 4) is 0 Å². The topological polar surface area (TPSA) is 99.9 Å². The second kappa shape index (κ2) is 10.4. The summed E-state index contributed by atoms with van der Waals surface area (Å²) in [5.41, 5.74) is 7.13. The molecule has 2 aromatic rings. The normalized spacial score (nSPS) is 25.0. The smallest absolute Gasteiger partial charge is 0.408 e. The van der Waals surface area contributed by atoms with E-state index in [1.807, 2.05) is 0 Å². The zero-order valence-corrected chi connectivity index (χ0v) is 19.7. The van der Waals surface area contributed by atoms with Gasteiger partial charge < -0.3 is 19.6 Å². The molecule has 8 nitrogen and oxygen atoms in total. The number of primary amides is 1. The van der Waals surface area contributed by atoms with Crippen molar-refractivity contribution < 1.29 is 18.7 Å². The molecule has 2 heterocycles. The van der Waals surface area contributed by atoms with Crippen LogP contribution in [0.1, 0.15) is 61.8 Å². The molecular formula is C23H34ClN3O5. The van der Waals surface area contributed by atoms with E-state index in [9.17, 15) is 9.59 Å². The average Bonchev–Trinajstić information content (AvgIpc) is 3.10. The molecule has 1 amide bonds. The minimum atomic E-state index is -0.508. The van der Waals surface area contributed by atoms with Gasteiger partial charge in [-0.05, 0) is 63.6 Å². The van der Waals surface area contributed by atoms with E-state index in [1.54, 1.807) is 29.9 Å². The SMILES string of the molecule is COCCO[C@H]1CC[C@](C)(N2CCC(n3c(=O)oc4ccc(C(N)=O)cc43)CC2)CC1.Cl. The fourth-order valence-corrected chi connectivity index (χ4v) is 5.19. The summed E-state index contributed by atoms with van der Waals surface area (Å²) < 4.78 is 18.1. The van der Waals surface area contributed by atoms with Crippen LogP contribution in [0.15, 0.2) is 27.4 Å². The Morgan fingerprint density at radius 1 is 1.19 bits per heavy atom. The molecule has 2 aliphatic rings. The number of aromatic nitrogens is 1. The van der Waals surface area contributed by atoms with E-state index in [1.165, 1.54) is 0 Å². The number of amides is 1. The maximum Gasteiger partial charge on any atom is 0.420 e. The largest absolute Gasteiger partial charge is 0.420 e. The Labute approximate surface area is 194 Å². The molecule has 1 aliphatic heterocycles. The lowest BCUT2D eigenvalue weighted by Crippen LogP contribution is -2.53. The third-order valence-electron chi connectivity index (χ3n) is 7.14. The van der Waals surface area contributed by atoms with Crippen molar-refractivity contribution in [2.75, 3.05) is 33.4 Å². The monoisotopic (exact) mass is 467 g/mol. The summed E-state index contributed by atoms with van der Waals surface area (Å²) in [6.07, 6.45) is 6.45. The molecule has 1 saturated heterocycles. The number of carbonyl (C=O) groups excluding carboxylic acids is 1. The number of nitrogens with zero attached hydrogens (tertiary/aromatic N) is 2. The Bertz CT molecular complexity index is 972. The maximum absolute atomic E-state index is 12.6. The van der Waals surface area contributed by atoms with Gasteiger partial charge in [-0.25, -0.2) is 4.79 Å². The van der Waals surface area contributed by atoms with Gasteiger partial charge in [0.25, 0.3) is 0 Å². The van der Waals surface area contributed by atoms with Crippen LogP contribution in [-0.4, -0.2) is 60.4 Å². The fraction of sp³-hybridized carbons (Fsp3) is 0.652. The Morgan fingerprint density at radius 3 is 2.50 bits per heavy atom. The molecule has 0 spiro atoms. The first-order chi connectivity index (χ1) is 14.9. The first-order valence-corrected chi connectivity index (χ1v) is 11.2. The molecule has 2 N–H and O–H groups in total. The lowest BCUT2D eigenvalue weighted by atomic mass is 9.79. The molecule has 1 aromatic carbocycles. The quantitative estimate of drug-likeness (QED) is 0.628. The second-order valence-corrected chi connectivity index (χ2v) is 9.06. The Morgan fingerprint density at radius 2 is 1.88 bits per heavy atom. The van der Waals surface area contributed by atoms with Gasteiger partial charge in [0.1, 0.15) is 0 Å². The number of benzene rings is 1. The van der Waals surface area contributed by atoms with Crippen molar-refractivity contribution in [2.45, 2.75) is 63.1 Å². The third kappa shape index (κ3) is 5.03. The Balaban J connectivity index is 0.00000289. The molecule has 2 fully saturated rings. The summed E-state index contributed by atoms with van der Waals surface area (Å²) in [4.78, 5) is 26.7. The molecule has 178 valence electrons. The molecule has 9 heteroatoms. The van der Waals surface area contributed by atoms with E-state index < -0.39 is 5.91 Å². The van der Waals surface area contributed by atoms with Crippen LogP contribution >= 0.6 is 12.4 Å². The number of likely N-dealkylation sites (tertiary alicyclic amines) is 1. The van der Waals surface area contributed by atoms with Crippen LogP contribution in [0.2, 0.25) is 0 Å². The number of fused-ring (bicyclic) bond motifs is 1. The van der Waals surface area contributed by atoms with E-state index >= 15 is 0 Å². The number of nitrogens with two attached hydrogens (primary N) is 1. The van der Waals surface area contributed by atoms with Gasteiger partial charge in [-0.2, -0.15) is 0 Å². The third-order valence-corrected chi connectivity index (χ3v) is 7.14. The fourth-order valence-electron chi connectivity index (χ4n) is 5.19. The van der Waals surface area contributed by atoms with Gasteiger partial charge in [-0.15, -0.1) is 12.4 Å². The number of methoxy groups -OCH3 is 1. The molecule has 0 bridgehead atoms. The number of oxazole rings is 1. The van der Waals surface area contributed by atoms with E-state index in [2.05, 4.69) is 11.8 Å². The van der Waals surface area contributed by atoms with E-state index in [0.29, 0.717) is 36.0 Å². The molecule has 1 aromatic heterocycles. The van der Waals surface area contributed by atoms with Crippen LogP contribution in [0.4, 0.5) is 0 Å². The highest BCUT2D eigenvalue weighted by molar-refractivity contribution is 5.96. The van der Waals surface area contributed by atoms with Crippen molar-refractivity contribution in [3.05, 3.63) is 34.3 Å². The van der Waals surface area contributed by atoms with Crippen LogP contribution in [0.25, 0.3) is 11.1 Å². The van der Waals surface area contributed by atoms with Crippen LogP contribution in [0.5, 0.6) is 0 Å². The number of rotatable bonds is 7. The van der Waals surface area contributed by atoms with E-state index in [4.69, 9.17) is 19.6 Å². The summed E-state index contributed by atoms with van der Waals surface area (Å²) in [7, 11) is 1.70. The van der Waals surface area contributed by atoms with Crippen LogP contribution in [0.3, 0.4) is 0 Å². The number of piperidine rings is 1. The first-order valence-electron chi connectivity index (χ1n) is 11.2. The number of hydrogen-bond donors (Lipinski definition) is 1. The van der Waals surface area contributed by atoms with Crippen LogP contribution < -0.4 is 11.5 Å². The Hall–Kier alpha value is -1.87. The predicted octanol–water partition coefficient (Wildman–Crippen LogP) is 3.12. The van der Waals surface area contributed by atoms with Gasteiger partial charge in [-0.1, -0.05) is 0 Å². The molecule has 0 atom stereocenters. The van der Waals surface area contributed by atoms with Gasteiger partial charge in [-0.3, -0.25) is 14.3 Å². The van der Waals surface area contributed by atoms with Gasteiger partial charge in [0.05, 0.1) is 24.8 Å². The molecule has 0 unspecified atom stereocenters. The maximum atomic E-state index is 12.6. The number of hydrogen-bond acceptors (Lipinski definition) is 6. The summed E-state index contributed by atoms with van der Waals surface area (Å²) in [5, 5.41) is 0. The lowest BCUT2D eigenvalue weighted by molar-refractivity contribution is -0.0419. The standard InChI is InChI=1S/C23H33N3O5.ClH/c1-23(9-5-18(6-10-23)30-14-13-29-2)25-11-7-17(8-12-25)26-19-15-16(21(24)27)3-4-20(19)31-22(26)28;/h3-4,15,17-18H,5-14H2,1-2H3,(H2,24,27);1H/t18-,23-;. The predicted molar refractivity (Wildman–Crippen MR) is 125 cm³/mol. The van der Waals surface area contributed by atoms with Crippen molar-refractivity contribution in [1.29, 1.82) is 0 Å². The molecule has 4 rings (SSSR count). The Kier molecular flexibility index (Phi) is 8.03. The summed E-state index contributed by atoms with van der Waals surface area (Å²) in [5.74, 6) is -0.873. The molecular weight excluding hydrogens is 434 g/mol. The van der Waals surface area contributed by atoms with E-state index in [0.717, 1.165) is 51.6 Å². The molecule has 1 aliphatic carbocycles. The second-order valence-electron chi connectivity index (χ2n) is 9.06. The number of carbonyl (C=O) groups is 1. The highest BCUT2D eigenvalue weighted by Gasteiger charge is 2.38. The molecule has 32 heavy (non-hydrogen) atoms. The number of halogens is 1. The van der Waals surface area contributed by atoms with Crippen LogP contribution in [-0.2, 0) is 9.47 Å². The van der Waals surface area contributed by atoms with Crippen molar-refractivity contribution >= 4 is 29.4 Å². The molecule has 1 saturated carbocycles. The zero-order chi connectivity index (χ0) is 22.0. The summed E-state index contributed by atoms with van der Waals surface area (Å²) >= 11 is 0.